The van der Waals surface area contributed by atoms with Gasteiger partial charge in [-0.2, -0.15) is 0 Å². The minimum absolute atomic E-state index is 0. The van der Waals surface area contributed by atoms with Crippen molar-refractivity contribution in [3.63, 3.8) is 0 Å². The van der Waals surface area contributed by atoms with E-state index < -0.39 is 0 Å². The van der Waals surface area contributed by atoms with E-state index in [9.17, 15) is 0 Å². The Morgan fingerprint density at radius 1 is 1.50 bits per heavy atom. The fraction of sp³-hybridized carbons (Fsp3) is 0. The van der Waals surface area contributed by atoms with Gasteiger partial charge in [0.15, 0.2) is 0 Å². The Kier molecular flexibility index (Phi) is 70.5. The van der Waals surface area contributed by atoms with Crippen LogP contribution in [0.5, 0.6) is 0 Å². The van der Waals surface area contributed by atoms with Crippen molar-refractivity contribution in [1.82, 2.24) is 0 Å². The summed E-state index contributed by atoms with van der Waals surface area (Å²) < 4.78 is 8.30. The third kappa shape index (κ3) is 8.82. The van der Waals surface area contributed by atoms with E-state index in [0.717, 1.165) is 0 Å². The zero-order chi connectivity index (χ0) is 2.00. The van der Waals surface area contributed by atoms with Crippen molar-refractivity contribution in [2.24, 2.45) is 0 Å². The van der Waals surface area contributed by atoms with Gasteiger partial charge in [-0.1, -0.05) is 0 Å². The molecule has 19 valence electrons. The molecule has 0 heterocycles. The van der Waals surface area contributed by atoms with Crippen molar-refractivity contribution >= 4 is 60.8 Å². The Hall–Kier alpha value is 2.57. The molecule has 0 saturated heterocycles. The Balaban J connectivity index is -0.000000000333. The monoisotopic (exact) mass is 177 g/mol. The summed E-state index contributed by atoms with van der Waals surface area (Å²) in [7, 11) is 0. The molecule has 0 aliphatic rings. The fourth-order valence-electron chi connectivity index (χ4n) is 0. The Morgan fingerprint density at radius 3 is 1.50 bits per heavy atom. The molecule has 0 aromatic heterocycles. The minimum atomic E-state index is 0. The van der Waals surface area contributed by atoms with Crippen LogP contribution in [-0.2, 0) is 24.3 Å². The van der Waals surface area contributed by atoms with Crippen LogP contribution in [-0.4, -0.2) is 60.8 Å². The van der Waals surface area contributed by atoms with Crippen LogP contribution < -0.4 is 0 Å². The molecule has 4 heteroatoms. The average molecular weight is 177 g/mol. The third-order valence-corrected chi connectivity index (χ3v) is 0. The van der Waals surface area contributed by atoms with E-state index in [0.29, 0.717) is 21.0 Å². The first kappa shape index (κ1) is 16.0. The van der Waals surface area contributed by atoms with Gasteiger partial charge in [0.05, 0.1) is 0 Å². The maximum atomic E-state index is 8.30. The van der Waals surface area contributed by atoms with Gasteiger partial charge in [-0.05, 0) is 0 Å². The molecule has 0 radical (unpaired) electrons. The topological polar surface area (TPSA) is 17.1 Å². The summed E-state index contributed by atoms with van der Waals surface area (Å²) in [6.45, 7) is 0. The van der Waals surface area contributed by atoms with Crippen LogP contribution in [0, 0.1) is 0 Å². The summed E-state index contributed by atoms with van der Waals surface area (Å²) in [4.78, 5) is 0. The van der Waals surface area contributed by atoms with Gasteiger partial charge in [0.1, 0.15) is 0 Å². The molecule has 0 amide bonds. The zero-order valence-corrected chi connectivity index (χ0v) is 8.09. The summed E-state index contributed by atoms with van der Waals surface area (Å²) in [6, 6.07) is 0. The standard InChI is InChI=1S/Ca.Mg.Nb.O.4H/q2*+2;;;4*-1. The molecule has 0 unspecified atom stereocenters. The molecule has 0 atom stereocenters. The molecule has 0 spiro atoms. The Labute approximate surface area is 89.2 Å². The summed E-state index contributed by atoms with van der Waals surface area (Å²) in [6.07, 6.45) is 0. The van der Waals surface area contributed by atoms with Gasteiger partial charge in [-0.3, -0.25) is 0 Å². The van der Waals surface area contributed by atoms with Crippen molar-refractivity contribution < 1.29 is 30.0 Å². The van der Waals surface area contributed by atoms with Gasteiger partial charge in [-0.15, -0.1) is 0 Å². The van der Waals surface area contributed by atoms with Crippen molar-refractivity contribution in [2.75, 3.05) is 0 Å². The second kappa shape index (κ2) is 17.6. The van der Waals surface area contributed by atoms with Gasteiger partial charge in [0, 0.05) is 0 Å². The molecule has 0 aromatic rings. The van der Waals surface area contributed by atoms with Crippen LogP contribution >= 0.6 is 0 Å². The van der Waals surface area contributed by atoms with Gasteiger partial charge in [-0.25, -0.2) is 0 Å². The van der Waals surface area contributed by atoms with Crippen molar-refractivity contribution in [3.05, 3.63) is 0 Å². The van der Waals surface area contributed by atoms with Crippen LogP contribution in [0.1, 0.15) is 5.71 Å². The second-order valence-electron chi connectivity index (χ2n) is 0. The van der Waals surface area contributed by atoms with E-state index in [-0.39, 0.29) is 66.5 Å². The van der Waals surface area contributed by atoms with E-state index in [4.69, 9.17) is 3.25 Å². The molecule has 4 heavy (non-hydrogen) atoms. The molecule has 0 fully saturated rings. The normalized spacial score (nSPS) is 0.750. The molecular formula is H4CaMgNbO. The molecule has 0 aliphatic heterocycles. The van der Waals surface area contributed by atoms with E-state index in [1.54, 1.807) is 0 Å². The van der Waals surface area contributed by atoms with E-state index in [2.05, 4.69) is 0 Å². The molecule has 0 bridgehead atoms. The quantitative estimate of drug-likeness (QED) is 0.459. The van der Waals surface area contributed by atoms with Gasteiger partial charge < -0.3 is 5.71 Å². The average Bonchev–Trinajstić information content (AvgIpc) is 1.00. The van der Waals surface area contributed by atoms with E-state index in [1.165, 1.54) is 0 Å². The SMILES string of the molecule is [Ca+2].[H-].[H-].[H-].[H-].[Mg+2].[O]=[Nb]. The predicted octanol–water partition coefficient (Wildman–Crippen LogP) is -0.433. The van der Waals surface area contributed by atoms with Crippen molar-refractivity contribution in [1.29, 1.82) is 0 Å². The van der Waals surface area contributed by atoms with Crippen LogP contribution in [0.3, 0.4) is 0 Å². The zero-order valence-electron chi connectivity index (χ0n) is 6.27. The molecule has 0 N–H and O–H groups in total. The van der Waals surface area contributed by atoms with Crippen LogP contribution in [0.4, 0.5) is 0 Å². The van der Waals surface area contributed by atoms with Crippen molar-refractivity contribution in [2.45, 2.75) is 0 Å². The predicted molar refractivity (Wildman–Crippen MR) is 16.6 cm³/mol. The van der Waals surface area contributed by atoms with Gasteiger partial charge in [0.2, 0.25) is 0 Å². The molecule has 0 rings (SSSR count). The first-order valence-corrected chi connectivity index (χ1v) is 1.08. The Bertz CT molecular complexity index is 16.0. The van der Waals surface area contributed by atoms with E-state index >= 15 is 0 Å². The summed E-state index contributed by atoms with van der Waals surface area (Å²) in [5.41, 5.74) is 0. The third-order valence-electron chi connectivity index (χ3n) is 0. The van der Waals surface area contributed by atoms with Gasteiger partial charge in [0.25, 0.3) is 0 Å². The molecule has 0 aromatic carbocycles. The molecule has 0 saturated carbocycles. The second-order valence-corrected chi connectivity index (χ2v) is 0. The van der Waals surface area contributed by atoms with E-state index in [1.807, 2.05) is 0 Å². The first-order chi connectivity index (χ1) is 1.00. The maximum absolute atomic E-state index is 8.30. The van der Waals surface area contributed by atoms with Crippen LogP contribution in [0.2, 0.25) is 0 Å². The molecular weight excluding hydrogens is 173 g/mol. The number of hydrogen-bond donors (Lipinski definition) is 0. The molecule has 1 nitrogen and oxygen atoms in total. The van der Waals surface area contributed by atoms with Gasteiger partial charge >= 0.3 is 85.1 Å². The summed E-state index contributed by atoms with van der Waals surface area (Å²) in [5.74, 6) is 0. The number of rotatable bonds is 0. The van der Waals surface area contributed by atoms with Crippen LogP contribution in [0.25, 0.3) is 0 Å². The molecule has 0 aliphatic carbocycles. The Morgan fingerprint density at radius 2 is 1.50 bits per heavy atom. The van der Waals surface area contributed by atoms with Crippen LogP contribution in [0.15, 0.2) is 0 Å². The number of hydrogen-bond acceptors (Lipinski definition) is 1. The fourth-order valence-corrected chi connectivity index (χ4v) is 0. The first-order valence-electron chi connectivity index (χ1n) is 0.183. The summed E-state index contributed by atoms with van der Waals surface area (Å²) in [5, 5.41) is 0. The summed E-state index contributed by atoms with van der Waals surface area (Å²) >= 11 is 0.500. The van der Waals surface area contributed by atoms with Crippen molar-refractivity contribution in [3.8, 4) is 0 Å².